The van der Waals surface area contributed by atoms with Gasteiger partial charge in [-0.3, -0.25) is 4.79 Å². The van der Waals surface area contributed by atoms with E-state index in [2.05, 4.69) is 5.32 Å². The summed E-state index contributed by atoms with van der Waals surface area (Å²) < 4.78 is 0. The van der Waals surface area contributed by atoms with Crippen LogP contribution in [0.5, 0.6) is 0 Å². The fourth-order valence-corrected chi connectivity index (χ4v) is 6.06. The predicted octanol–water partition coefficient (Wildman–Crippen LogP) is 3.55. The highest BCUT2D eigenvalue weighted by Gasteiger charge is 2.35. The number of thiophene rings is 1. The number of anilines is 1. The second-order valence-corrected chi connectivity index (χ2v) is 10.9. The maximum atomic E-state index is 13.0. The summed E-state index contributed by atoms with van der Waals surface area (Å²) >= 11 is 1.79. The molecule has 0 unspecified atom stereocenters. The zero-order valence-electron chi connectivity index (χ0n) is 18.0. The van der Waals surface area contributed by atoms with Crippen LogP contribution in [0.25, 0.3) is 10.2 Å². The molecule has 5 rings (SSSR count). The van der Waals surface area contributed by atoms with E-state index in [1.165, 1.54) is 41.5 Å². The second kappa shape index (κ2) is 7.75. The number of rotatable bonds is 6. The molecule has 0 spiro atoms. The normalized spacial score (nSPS) is 21.8. The summed E-state index contributed by atoms with van der Waals surface area (Å²) in [5.74, 6) is 2.51. The molecule has 1 saturated carbocycles. The molecule has 7 heteroatoms. The number of nitrogens with one attached hydrogen (secondary N) is 1. The summed E-state index contributed by atoms with van der Waals surface area (Å²) in [6.45, 7) is 5.95. The van der Waals surface area contributed by atoms with Gasteiger partial charge in [-0.05, 0) is 70.3 Å². The van der Waals surface area contributed by atoms with Crippen LogP contribution in [0.4, 0.5) is 5.82 Å². The van der Waals surface area contributed by atoms with Crippen molar-refractivity contribution in [3.05, 3.63) is 16.3 Å². The monoisotopic (exact) mass is 428 g/mol. The first-order valence-corrected chi connectivity index (χ1v) is 12.3. The van der Waals surface area contributed by atoms with E-state index in [0.29, 0.717) is 18.9 Å². The van der Waals surface area contributed by atoms with Crippen LogP contribution in [0.15, 0.2) is 0 Å². The standard InChI is InChI=1S/C23H32N4O2S/c1-23(2,29)15-9-10-27(13-15)19(28)11-18-25-21(24-12-14-7-8-14)20-16-5-3-4-6-17(16)30-22(20)26-18/h14-15,29H,3-13H2,1-2H3,(H,24,25,26)/t15-/m1/s1. The Morgan fingerprint density at radius 2 is 2.03 bits per heavy atom. The van der Waals surface area contributed by atoms with Crippen LogP contribution in [0.3, 0.4) is 0 Å². The summed E-state index contributed by atoms with van der Waals surface area (Å²) in [4.78, 5) is 27.0. The lowest BCUT2D eigenvalue weighted by Crippen LogP contribution is -2.36. The number of aliphatic hydroxyl groups is 1. The summed E-state index contributed by atoms with van der Waals surface area (Å²) in [6.07, 6.45) is 8.41. The molecular formula is C23H32N4O2S. The van der Waals surface area contributed by atoms with Crippen molar-refractivity contribution in [3.8, 4) is 0 Å². The lowest BCUT2D eigenvalue weighted by atomic mass is 9.90. The molecule has 1 saturated heterocycles. The molecule has 2 aromatic heterocycles. The Hall–Kier alpha value is -1.73. The van der Waals surface area contributed by atoms with Crippen molar-refractivity contribution in [1.82, 2.24) is 14.9 Å². The van der Waals surface area contributed by atoms with Crippen LogP contribution in [-0.4, -0.2) is 51.1 Å². The summed E-state index contributed by atoms with van der Waals surface area (Å²) in [6, 6.07) is 0. The molecule has 0 bridgehead atoms. The molecule has 2 aromatic rings. The van der Waals surface area contributed by atoms with Crippen molar-refractivity contribution < 1.29 is 9.90 Å². The third kappa shape index (κ3) is 4.06. The van der Waals surface area contributed by atoms with E-state index in [0.717, 1.165) is 42.4 Å². The van der Waals surface area contributed by atoms with Crippen LogP contribution in [-0.2, 0) is 24.1 Å². The molecule has 3 aliphatic rings. The van der Waals surface area contributed by atoms with Gasteiger partial charge in [0.25, 0.3) is 0 Å². The van der Waals surface area contributed by atoms with Gasteiger partial charge in [-0.25, -0.2) is 9.97 Å². The fraction of sp³-hybridized carbons (Fsp3) is 0.696. The van der Waals surface area contributed by atoms with Gasteiger partial charge < -0.3 is 15.3 Å². The first-order valence-electron chi connectivity index (χ1n) is 11.4. The maximum Gasteiger partial charge on any atom is 0.230 e. The second-order valence-electron chi connectivity index (χ2n) is 9.86. The number of nitrogens with zero attached hydrogens (tertiary/aromatic N) is 3. The van der Waals surface area contributed by atoms with Gasteiger partial charge in [-0.1, -0.05) is 0 Å². The van der Waals surface area contributed by atoms with Crippen molar-refractivity contribution in [2.45, 2.75) is 70.8 Å². The number of hydrogen-bond acceptors (Lipinski definition) is 6. The quantitative estimate of drug-likeness (QED) is 0.736. The molecule has 2 N–H and O–H groups in total. The van der Waals surface area contributed by atoms with Crippen molar-refractivity contribution in [1.29, 1.82) is 0 Å². The van der Waals surface area contributed by atoms with Crippen LogP contribution in [0.2, 0.25) is 0 Å². The Kier molecular flexibility index (Phi) is 5.22. The first-order chi connectivity index (χ1) is 14.4. The lowest BCUT2D eigenvalue weighted by molar-refractivity contribution is -0.130. The van der Waals surface area contributed by atoms with Crippen LogP contribution in [0, 0.1) is 11.8 Å². The molecule has 0 aromatic carbocycles. The molecule has 1 aliphatic heterocycles. The van der Waals surface area contributed by atoms with Crippen molar-refractivity contribution >= 4 is 33.3 Å². The average molecular weight is 429 g/mol. The summed E-state index contributed by atoms with van der Waals surface area (Å²) in [5.41, 5.74) is 0.686. The van der Waals surface area contributed by atoms with Gasteiger partial charge in [0, 0.05) is 30.4 Å². The maximum absolute atomic E-state index is 13.0. The van der Waals surface area contributed by atoms with Crippen LogP contribution >= 0.6 is 11.3 Å². The Morgan fingerprint density at radius 1 is 1.23 bits per heavy atom. The van der Waals surface area contributed by atoms with E-state index in [9.17, 15) is 9.90 Å². The zero-order valence-corrected chi connectivity index (χ0v) is 18.9. The Labute approximate surface area is 182 Å². The van der Waals surface area contributed by atoms with E-state index in [4.69, 9.17) is 9.97 Å². The number of aryl methyl sites for hydroxylation is 2. The van der Waals surface area contributed by atoms with Crippen LogP contribution in [0.1, 0.15) is 62.2 Å². The number of carbonyl (C=O) groups excluding carboxylic acids is 1. The molecule has 6 nitrogen and oxygen atoms in total. The Balaban J connectivity index is 1.39. The molecule has 0 radical (unpaired) electrons. The molecule has 1 atom stereocenters. The average Bonchev–Trinajstić information content (AvgIpc) is 3.24. The summed E-state index contributed by atoms with van der Waals surface area (Å²) in [5, 5.41) is 15.1. The molecular weight excluding hydrogens is 396 g/mol. The van der Waals surface area contributed by atoms with Crippen molar-refractivity contribution in [2.75, 3.05) is 25.0 Å². The van der Waals surface area contributed by atoms with Gasteiger partial charge in [0.2, 0.25) is 5.91 Å². The number of aromatic nitrogens is 2. The molecule has 162 valence electrons. The van der Waals surface area contributed by atoms with Crippen LogP contribution < -0.4 is 5.32 Å². The number of hydrogen-bond donors (Lipinski definition) is 2. The molecule has 2 aliphatic carbocycles. The highest BCUT2D eigenvalue weighted by Crippen LogP contribution is 2.39. The van der Waals surface area contributed by atoms with E-state index in [1.807, 2.05) is 18.7 Å². The molecule has 3 heterocycles. The lowest BCUT2D eigenvalue weighted by Gasteiger charge is -2.25. The minimum Gasteiger partial charge on any atom is -0.390 e. The molecule has 30 heavy (non-hydrogen) atoms. The SMILES string of the molecule is CC(C)(O)[C@@H]1CCN(C(=O)Cc2nc(NCC3CC3)c3c4c(sc3n2)CCCC4)C1. The number of likely N-dealkylation sites (tertiary alicyclic amines) is 1. The Morgan fingerprint density at radius 3 is 2.77 bits per heavy atom. The van der Waals surface area contributed by atoms with Crippen molar-refractivity contribution in [3.63, 3.8) is 0 Å². The third-order valence-corrected chi connectivity index (χ3v) is 8.15. The van der Waals surface area contributed by atoms with E-state index in [-0.39, 0.29) is 18.2 Å². The molecule has 2 fully saturated rings. The van der Waals surface area contributed by atoms with Gasteiger partial charge in [-0.15, -0.1) is 11.3 Å². The van der Waals surface area contributed by atoms with Gasteiger partial charge in [-0.2, -0.15) is 0 Å². The Bertz CT molecular complexity index is 960. The third-order valence-electron chi connectivity index (χ3n) is 6.97. The number of amides is 1. The number of carbonyl (C=O) groups is 1. The van der Waals surface area contributed by atoms with Gasteiger partial charge in [0.15, 0.2) is 0 Å². The van der Waals surface area contributed by atoms with E-state index < -0.39 is 5.60 Å². The largest absolute Gasteiger partial charge is 0.390 e. The smallest absolute Gasteiger partial charge is 0.230 e. The fourth-order valence-electron chi connectivity index (χ4n) is 4.78. The van der Waals surface area contributed by atoms with Gasteiger partial charge in [0.05, 0.1) is 17.4 Å². The highest BCUT2D eigenvalue weighted by atomic mass is 32.1. The van der Waals surface area contributed by atoms with E-state index >= 15 is 0 Å². The number of fused-ring (bicyclic) bond motifs is 3. The topological polar surface area (TPSA) is 78.3 Å². The minimum absolute atomic E-state index is 0.0653. The first kappa shape index (κ1) is 20.2. The van der Waals surface area contributed by atoms with Crippen molar-refractivity contribution in [2.24, 2.45) is 11.8 Å². The highest BCUT2D eigenvalue weighted by molar-refractivity contribution is 7.19. The van der Waals surface area contributed by atoms with Gasteiger partial charge in [0.1, 0.15) is 16.5 Å². The molecule has 1 amide bonds. The van der Waals surface area contributed by atoms with Gasteiger partial charge >= 0.3 is 0 Å². The predicted molar refractivity (Wildman–Crippen MR) is 120 cm³/mol. The minimum atomic E-state index is -0.750. The summed E-state index contributed by atoms with van der Waals surface area (Å²) in [7, 11) is 0. The van der Waals surface area contributed by atoms with E-state index in [1.54, 1.807) is 11.3 Å². The zero-order chi connectivity index (χ0) is 20.9.